The van der Waals surface area contributed by atoms with E-state index in [2.05, 4.69) is 40.3 Å². The van der Waals surface area contributed by atoms with Gasteiger partial charge >= 0.3 is 0 Å². The van der Waals surface area contributed by atoms with Crippen molar-refractivity contribution in [2.45, 2.75) is 64.3 Å². The molecule has 0 aromatic carbocycles. The number of likely N-dealkylation sites (N-methyl/N-ethyl adjacent to an activating group) is 1. The zero-order chi connectivity index (χ0) is 14.5. The van der Waals surface area contributed by atoms with Crippen molar-refractivity contribution >= 4 is 15.9 Å². The number of aromatic nitrogens is 2. The Morgan fingerprint density at radius 3 is 2.45 bits per heavy atom. The second kappa shape index (κ2) is 7.60. The number of hydrogen-bond acceptors (Lipinski definition) is 2. The van der Waals surface area contributed by atoms with Gasteiger partial charge in [-0.2, -0.15) is 5.10 Å². The second-order valence-electron chi connectivity index (χ2n) is 6.25. The van der Waals surface area contributed by atoms with Crippen molar-refractivity contribution in [2.75, 3.05) is 7.05 Å². The lowest BCUT2D eigenvalue weighted by Gasteiger charge is -2.22. The fourth-order valence-corrected chi connectivity index (χ4v) is 3.94. The van der Waals surface area contributed by atoms with E-state index < -0.39 is 0 Å². The number of hydrogen-bond donors (Lipinski definition) is 1. The third-order valence-corrected chi connectivity index (χ3v) is 5.73. The van der Waals surface area contributed by atoms with Gasteiger partial charge in [0.2, 0.25) is 0 Å². The minimum atomic E-state index is 0.559. The van der Waals surface area contributed by atoms with Crippen molar-refractivity contribution in [1.82, 2.24) is 15.1 Å². The Bertz CT molecular complexity index is 420. The van der Waals surface area contributed by atoms with Crippen molar-refractivity contribution in [3.63, 3.8) is 0 Å². The predicted octanol–water partition coefficient (Wildman–Crippen LogP) is 3.98. The zero-order valence-corrected chi connectivity index (χ0v) is 14.7. The molecule has 2 rings (SSSR count). The maximum absolute atomic E-state index is 4.50. The van der Waals surface area contributed by atoms with Crippen molar-refractivity contribution < 1.29 is 0 Å². The smallest absolute Gasteiger partial charge is 0.0738 e. The second-order valence-corrected chi connectivity index (χ2v) is 7.05. The molecule has 0 amide bonds. The zero-order valence-electron chi connectivity index (χ0n) is 13.1. The van der Waals surface area contributed by atoms with Crippen molar-refractivity contribution in [3.05, 3.63) is 15.9 Å². The Balaban J connectivity index is 1.97. The highest BCUT2D eigenvalue weighted by Crippen LogP contribution is 2.28. The molecule has 1 N–H and O–H groups in total. The van der Waals surface area contributed by atoms with Gasteiger partial charge in [-0.25, -0.2) is 0 Å². The molecule has 0 aliphatic heterocycles. The monoisotopic (exact) mass is 341 g/mol. The van der Waals surface area contributed by atoms with Gasteiger partial charge in [0.1, 0.15) is 0 Å². The average Bonchev–Trinajstić information content (AvgIpc) is 2.66. The van der Waals surface area contributed by atoms with Crippen LogP contribution >= 0.6 is 15.9 Å². The highest BCUT2D eigenvalue weighted by molar-refractivity contribution is 9.10. The van der Waals surface area contributed by atoms with Gasteiger partial charge in [-0.05, 0) is 42.2 Å². The summed E-state index contributed by atoms with van der Waals surface area (Å²) >= 11 is 3.69. The summed E-state index contributed by atoms with van der Waals surface area (Å²) in [5.41, 5.74) is 2.40. The molecule has 1 fully saturated rings. The van der Waals surface area contributed by atoms with Crippen LogP contribution in [-0.4, -0.2) is 22.9 Å². The maximum Gasteiger partial charge on any atom is 0.0738 e. The minimum absolute atomic E-state index is 0.559. The van der Waals surface area contributed by atoms with Gasteiger partial charge in [0, 0.05) is 19.5 Å². The van der Waals surface area contributed by atoms with Crippen LogP contribution in [0.2, 0.25) is 0 Å². The molecular weight excluding hydrogens is 314 g/mol. The van der Waals surface area contributed by atoms with E-state index in [9.17, 15) is 0 Å². The number of nitrogens with one attached hydrogen (secondary N) is 1. The molecule has 1 atom stereocenters. The molecular formula is C16H28BrN3. The van der Waals surface area contributed by atoms with Crippen LogP contribution in [0.1, 0.15) is 56.3 Å². The molecule has 3 nitrogen and oxygen atoms in total. The standard InChI is InChI=1S/C16H28BrN3/c1-12-16(17)15(20(3)19-12)11-14(18-2)10-13-8-6-4-5-7-9-13/h13-14,18H,4-11H2,1-3H3. The summed E-state index contributed by atoms with van der Waals surface area (Å²) in [5.74, 6) is 0.906. The van der Waals surface area contributed by atoms with Crippen LogP contribution < -0.4 is 5.32 Å². The van der Waals surface area contributed by atoms with Gasteiger partial charge in [0.15, 0.2) is 0 Å². The van der Waals surface area contributed by atoms with Crippen LogP contribution in [-0.2, 0) is 13.5 Å². The largest absolute Gasteiger partial charge is 0.317 e. The molecule has 1 aromatic rings. The summed E-state index contributed by atoms with van der Waals surface area (Å²) in [6.45, 7) is 2.06. The summed E-state index contributed by atoms with van der Waals surface area (Å²) in [6.07, 6.45) is 10.9. The topological polar surface area (TPSA) is 29.9 Å². The van der Waals surface area contributed by atoms with Gasteiger partial charge in [0.05, 0.1) is 15.9 Å². The Labute approximate surface area is 131 Å². The average molecular weight is 342 g/mol. The van der Waals surface area contributed by atoms with E-state index in [1.54, 1.807) is 0 Å². The number of aryl methyl sites for hydroxylation is 2. The molecule has 0 bridgehead atoms. The normalized spacial score (nSPS) is 19.0. The van der Waals surface area contributed by atoms with E-state index in [0.29, 0.717) is 6.04 Å². The molecule has 1 aliphatic rings. The first-order chi connectivity index (χ1) is 9.61. The molecule has 1 heterocycles. The van der Waals surface area contributed by atoms with Gasteiger partial charge in [0.25, 0.3) is 0 Å². The number of rotatable bonds is 5. The lowest BCUT2D eigenvalue weighted by Crippen LogP contribution is -2.31. The summed E-state index contributed by atoms with van der Waals surface area (Å²) in [6, 6.07) is 0.559. The Morgan fingerprint density at radius 1 is 1.30 bits per heavy atom. The fourth-order valence-electron chi connectivity index (χ4n) is 3.44. The number of nitrogens with zero attached hydrogens (tertiary/aromatic N) is 2. The lowest BCUT2D eigenvalue weighted by atomic mass is 9.91. The summed E-state index contributed by atoms with van der Waals surface area (Å²) in [4.78, 5) is 0. The van der Waals surface area contributed by atoms with Crippen molar-refractivity contribution in [1.29, 1.82) is 0 Å². The number of halogens is 1. The Morgan fingerprint density at radius 2 is 1.95 bits per heavy atom. The molecule has 0 saturated heterocycles. The van der Waals surface area contributed by atoms with Gasteiger partial charge in [-0.1, -0.05) is 38.5 Å². The predicted molar refractivity (Wildman–Crippen MR) is 88.0 cm³/mol. The van der Waals surface area contributed by atoms with E-state index in [1.807, 2.05) is 11.7 Å². The highest BCUT2D eigenvalue weighted by Gasteiger charge is 2.20. The lowest BCUT2D eigenvalue weighted by molar-refractivity contribution is 0.357. The van der Waals surface area contributed by atoms with Crippen LogP contribution in [0, 0.1) is 12.8 Å². The molecule has 1 saturated carbocycles. The maximum atomic E-state index is 4.50. The van der Waals surface area contributed by atoms with Crippen LogP contribution in [0.15, 0.2) is 4.47 Å². The minimum Gasteiger partial charge on any atom is -0.317 e. The Kier molecular flexibility index (Phi) is 6.09. The SMILES string of the molecule is CNC(Cc1c(Br)c(C)nn1C)CC1CCCCCC1. The first-order valence-electron chi connectivity index (χ1n) is 7.97. The molecule has 1 aromatic heterocycles. The molecule has 0 spiro atoms. The van der Waals surface area contributed by atoms with Gasteiger partial charge in [-0.15, -0.1) is 0 Å². The molecule has 4 heteroatoms. The van der Waals surface area contributed by atoms with E-state index >= 15 is 0 Å². The van der Waals surface area contributed by atoms with Crippen molar-refractivity contribution in [3.8, 4) is 0 Å². The highest BCUT2D eigenvalue weighted by atomic mass is 79.9. The quantitative estimate of drug-likeness (QED) is 0.820. The first-order valence-corrected chi connectivity index (χ1v) is 8.76. The van der Waals surface area contributed by atoms with Crippen LogP contribution in [0.3, 0.4) is 0 Å². The van der Waals surface area contributed by atoms with Crippen LogP contribution in [0.25, 0.3) is 0 Å². The molecule has 1 unspecified atom stereocenters. The molecule has 1 aliphatic carbocycles. The van der Waals surface area contributed by atoms with Crippen molar-refractivity contribution in [2.24, 2.45) is 13.0 Å². The Hall–Kier alpha value is -0.350. The van der Waals surface area contributed by atoms with E-state index in [1.165, 1.54) is 55.1 Å². The van der Waals surface area contributed by atoms with Gasteiger partial charge in [-0.3, -0.25) is 4.68 Å². The van der Waals surface area contributed by atoms with Gasteiger partial charge < -0.3 is 5.32 Å². The summed E-state index contributed by atoms with van der Waals surface area (Å²) < 4.78 is 3.21. The van der Waals surface area contributed by atoms with E-state index in [-0.39, 0.29) is 0 Å². The van der Waals surface area contributed by atoms with E-state index in [0.717, 1.165) is 18.0 Å². The first kappa shape index (κ1) is 16.0. The summed E-state index contributed by atoms with van der Waals surface area (Å²) in [5, 5.41) is 8.02. The molecule has 114 valence electrons. The molecule has 20 heavy (non-hydrogen) atoms. The summed E-state index contributed by atoms with van der Waals surface area (Å²) in [7, 11) is 4.14. The van der Waals surface area contributed by atoms with Crippen LogP contribution in [0.5, 0.6) is 0 Å². The third kappa shape index (κ3) is 4.08. The van der Waals surface area contributed by atoms with Crippen LogP contribution in [0.4, 0.5) is 0 Å². The molecule has 0 radical (unpaired) electrons. The van der Waals surface area contributed by atoms with E-state index in [4.69, 9.17) is 0 Å². The third-order valence-electron chi connectivity index (χ3n) is 4.70. The fraction of sp³-hybridized carbons (Fsp3) is 0.812.